The Kier molecular flexibility index (Phi) is 2.91. The lowest BCUT2D eigenvalue weighted by Crippen LogP contribution is -1.90. The average Bonchev–Trinajstić information content (AvgIpc) is 2.34. The summed E-state index contributed by atoms with van der Waals surface area (Å²) in [5.41, 5.74) is 3.15. The van der Waals surface area contributed by atoms with Gasteiger partial charge in [-0.1, -0.05) is 29.8 Å². The molecule has 0 atom stereocenters. The molecule has 2 aromatic rings. The largest absolute Gasteiger partial charge is 0.507 e. The fourth-order valence-corrected chi connectivity index (χ4v) is 2.14. The zero-order valence-electron chi connectivity index (χ0n) is 10.7. The summed E-state index contributed by atoms with van der Waals surface area (Å²) in [6.07, 6.45) is 0. The van der Waals surface area contributed by atoms with Crippen LogP contribution in [0.2, 0.25) is 0 Å². The minimum absolute atomic E-state index is 0.0156. The topological polar surface area (TPSA) is 60.7 Å². The molecule has 94 valence electrons. The van der Waals surface area contributed by atoms with E-state index in [1.165, 1.54) is 0 Å². The van der Waals surface area contributed by atoms with Gasteiger partial charge in [-0.15, -0.1) is 0 Å². The van der Waals surface area contributed by atoms with Gasteiger partial charge in [0.1, 0.15) is 5.75 Å². The summed E-state index contributed by atoms with van der Waals surface area (Å²) in [6, 6.07) is 7.56. The second-order valence-electron chi connectivity index (χ2n) is 4.54. The third-order valence-corrected chi connectivity index (χ3v) is 3.21. The Balaban J connectivity index is 2.80. The number of hydrogen-bond donors (Lipinski definition) is 3. The highest BCUT2D eigenvalue weighted by Gasteiger charge is 2.19. The molecule has 0 saturated carbocycles. The van der Waals surface area contributed by atoms with E-state index in [-0.39, 0.29) is 17.2 Å². The Morgan fingerprint density at radius 3 is 2.06 bits per heavy atom. The van der Waals surface area contributed by atoms with E-state index in [4.69, 9.17) is 0 Å². The number of hydrogen-bond acceptors (Lipinski definition) is 3. The van der Waals surface area contributed by atoms with E-state index in [1.807, 2.05) is 31.2 Å². The highest BCUT2D eigenvalue weighted by molar-refractivity contribution is 5.80. The maximum absolute atomic E-state index is 10.1. The van der Waals surface area contributed by atoms with Crippen molar-refractivity contribution < 1.29 is 15.3 Å². The molecule has 3 nitrogen and oxygen atoms in total. The molecule has 0 unspecified atom stereocenters. The Morgan fingerprint density at radius 2 is 1.44 bits per heavy atom. The van der Waals surface area contributed by atoms with Crippen molar-refractivity contribution in [3.63, 3.8) is 0 Å². The number of phenolic OH excluding ortho intramolecular Hbond substituents is 3. The van der Waals surface area contributed by atoms with Gasteiger partial charge in [-0.25, -0.2) is 0 Å². The van der Waals surface area contributed by atoms with Crippen molar-refractivity contribution in [3.8, 4) is 28.4 Å². The van der Waals surface area contributed by atoms with Gasteiger partial charge >= 0.3 is 0 Å². The van der Waals surface area contributed by atoms with E-state index in [1.54, 1.807) is 13.8 Å². The molecule has 0 heterocycles. The molecule has 0 saturated heterocycles. The minimum atomic E-state index is -0.269. The lowest BCUT2D eigenvalue weighted by Gasteiger charge is -2.15. The van der Waals surface area contributed by atoms with Gasteiger partial charge in [0.05, 0.1) is 0 Å². The predicted octanol–water partition coefficient (Wildman–Crippen LogP) is 3.40. The average molecular weight is 244 g/mol. The Morgan fingerprint density at radius 1 is 0.778 bits per heavy atom. The van der Waals surface area contributed by atoms with Crippen LogP contribution in [0.4, 0.5) is 0 Å². The molecule has 0 spiro atoms. The van der Waals surface area contributed by atoms with Crippen molar-refractivity contribution in [1.29, 1.82) is 0 Å². The fraction of sp³-hybridized carbons (Fsp3) is 0.200. The predicted molar refractivity (Wildman–Crippen MR) is 71.1 cm³/mol. The van der Waals surface area contributed by atoms with Gasteiger partial charge in [-0.05, 0) is 26.3 Å². The molecule has 0 aliphatic rings. The van der Waals surface area contributed by atoms with Crippen LogP contribution in [-0.4, -0.2) is 15.3 Å². The van der Waals surface area contributed by atoms with Crippen molar-refractivity contribution in [2.24, 2.45) is 0 Å². The highest BCUT2D eigenvalue weighted by atomic mass is 16.3. The molecule has 0 aliphatic heterocycles. The molecule has 3 heteroatoms. The molecule has 18 heavy (non-hydrogen) atoms. The van der Waals surface area contributed by atoms with Crippen LogP contribution in [0, 0.1) is 20.8 Å². The monoisotopic (exact) mass is 244 g/mol. The zero-order valence-corrected chi connectivity index (χ0v) is 10.7. The molecule has 0 aliphatic carbocycles. The van der Waals surface area contributed by atoms with Crippen LogP contribution in [0.5, 0.6) is 17.2 Å². The summed E-state index contributed by atoms with van der Waals surface area (Å²) in [5, 5.41) is 29.8. The summed E-state index contributed by atoms with van der Waals surface area (Å²) in [4.78, 5) is 0. The quantitative estimate of drug-likeness (QED) is 0.532. The number of phenols is 3. The van der Waals surface area contributed by atoms with Gasteiger partial charge in [0.25, 0.3) is 0 Å². The van der Waals surface area contributed by atoms with Gasteiger partial charge in [-0.3, -0.25) is 0 Å². The van der Waals surface area contributed by atoms with E-state index in [9.17, 15) is 15.3 Å². The second kappa shape index (κ2) is 4.26. The van der Waals surface area contributed by atoms with Crippen LogP contribution in [0.25, 0.3) is 11.1 Å². The van der Waals surface area contributed by atoms with Crippen LogP contribution >= 0.6 is 0 Å². The van der Waals surface area contributed by atoms with Crippen LogP contribution in [-0.2, 0) is 0 Å². The molecule has 2 aromatic carbocycles. The SMILES string of the molecule is Cc1cccc(-c2c(C)c(O)c(C)c(O)c2O)c1. The number of aromatic hydroxyl groups is 3. The minimum Gasteiger partial charge on any atom is -0.507 e. The zero-order chi connectivity index (χ0) is 13.4. The first-order chi connectivity index (χ1) is 8.43. The van der Waals surface area contributed by atoms with Crippen LogP contribution in [0.1, 0.15) is 16.7 Å². The molecular weight excluding hydrogens is 228 g/mol. The Labute approximate surface area is 106 Å². The van der Waals surface area contributed by atoms with E-state index < -0.39 is 0 Å². The molecule has 0 radical (unpaired) electrons. The van der Waals surface area contributed by atoms with Crippen LogP contribution in [0.15, 0.2) is 24.3 Å². The molecular formula is C15H16O3. The standard InChI is InChI=1S/C15H16O3/c1-8-5-4-6-11(7-8)12-9(2)13(16)10(3)14(17)15(12)18/h4-7,16-18H,1-3H3. The summed E-state index contributed by atoms with van der Waals surface area (Å²) < 4.78 is 0. The van der Waals surface area contributed by atoms with Crippen LogP contribution < -0.4 is 0 Å². The van der Waals surface area contributed by atoms with Gasteiger partial charge in [0, 0.05) is 16.7 Å². The number of benzene rings is 2. The summed E-state index contributed by atoms with van der Waals surface area (Å²) in [7, 11) is 0. The first-order valence-corrected chi connectivity index (χ1v) is 5.74. The molecule has 0 aromatic heterocycles. The summed E-state index contributed by atoms with van der Waals surface area (Å²) >= 11 is 0. The molecule has 2 rings (SSSR count). The first kappa shape index (κ1) is 12.3. The Bertz CT molecular complexity index is 586. The van der Waals surface area contributed by atoms with Crippen molar-refractivity contribution in [2.75, 3.05) is 0 Å². The summed E-state index contributed by atoms with van der Waals surface area (Å²) in [5.74, 6) is -0.440. The molecule has 0 amide bonds. The maximum Gasteiger partial charge on any atom is 0.166 e. The van der Waals surface area contributed by atoms with Gasteiger partial charge < -0.3 is 15.3 Å². The smallest absolute Gasteiger partial charge is 0.166 e. The second-order valence-corrected chi connectivity index (χ2v) is 4.54. The first-order valence-electron chi connectivity index (χ1n) is 5.74. The van der Waals surface area contributed by atoms with E-state index in [0.717, 1.165) is 11.1 Å². The van der Waals surface area contributed by atoms with Crippen LogP contribution in [0.3, 0.4) is 0 Å². The molecule has 0 bridgehead atoms. The van der Waals surface area contributed by atoms with Crippen molar-refractivity contribution >= 4 is 0 Å². The highest BCUT2D eigenvalue weighted by Crippen LogP contribution is 2.46. The fourth-order valence-electron chi connectivity index (χ4n) is 2.14. The lowest BCUT2D eigenvalue weighted by atomic mass is 9.94. The Hall–Kier alpha value is -2.16. The van der Waals surface area contributed by atoms with E-state index in [0.29, 0.717) is 16.7 Å². The van der Waals surface area contributed by atoms with Gasteiger partial charge in [0.2, 0.25) is 0 Å². The van der Waals surface area contributed by atoms with Crippen molar-refractivity contribution in [3.05, 3.63) is 41.0 Å². The molecule has 0 fully saturated rings. The lowest BCUT2D eigenvalue weighted by molar-refractivity contribution is 0.392. The van der Waals surface area contributed by atoms with E-state index >= 15 is 0 Å². The van der Waals surface area contributed by atoms with E-state index in [2.05, 4.69) is 0 Å². The summed E-state index contributed by atoms with van der Waals surface area (Å²) in [6.45, 7) is 5.24. The number of aryl methyl sites for hydroxylation is 1. The number of rotatable bonds is 1. The third kappa shape index (κ3) is 1.78. The van der Waals surface area contributed by atoms with Crippen molar-refractivity contribution in [1.82, 2.24) is 0 Å². The van der Waals surface area contributed by atoms with Gasteiger partial charge in [0.15, 0.2) is 11.5 Å². The molecule has 3 N–H and O–H groups in total. The third-order valence-electron chi connectivity index (χ3n) is 3.21. The maximum atomic E-state index is 10.1. The van der Waals surface area contributed by atoms with Crippen molar-refractivity contribution in [2.45, 2.75) is 20.8 Å². The van der Waals surface area contributed by atoms with Gasteiger partial charge in [-0.2, -0.15) is 0 Å². The normalized spacial score (nSPS) is 10.6.